The Balaban J connectivity index is 1.22. The highest BCUT2D eigenvalue weighted by atomic mass is 32.1. The Hall–Kier alpha value is -3.97. The van der Waals surface area contributed by atoms with Crippen molar-refractivity contribution >= 4 is 44.6 Å². The van der Waals surface area contributed by atoms with E-state index in [1.54, 1.807) is 17.2 Å². The molecule has 13 heteroatoms. The van der Waals surface area contributed by atoms with Gasteiger partial charge < -0.3 is 9.42 Å². The number of carbonyl (C=O) groups excluding carboxylic acids is 2. The van der Waals surface area contributed by atoms with Crippen molar-refractivity contribution in [2.24, 2.45) is 0 Å². The maximum Gasteiger partial charge on any atom is 0.345 e. The van der Waals surface area contributed by atoms with Gasteiger partial charge in [-0.25, -0.2) is 9.97 Å². The molecule has 11 nitrogen and oxygen atoms in total. The number of rotatable bonds is 6. The fourth-order valence-corrected chi connectivity index (χ4v) is 5.65. The van der Waals surface area contributed by atoms with E-state index in [-0.39, 0.29) is 27.7 Å². The predicted octanol–water partition coefficient (Wildman–Crippen LogP) is 4.74. The lowest BCUT2D eigenvalue weighted by atomic mass is 9.96. The molecular formula is C23H20N6O5S2. The Morgan fingerprint density at radius 1 is 1.22 bits per heavy atom. The monoisotopic (exact) mass is 524 g/mol. The third-order valence-electron chi connectivity index (χ3n) is 5.90. The molecular weight excluding hydrogens is 504 g/mol. The minimum Gasteiger partial charge on any atom is -0.360 e. The maximum absolute atomic E-state index is 13.3. The average Bonchev–Trinajstić information content (AvgIpc) is 3.64. The first kappa shape index (κ1) is 23.8. The second-order valence-corrected chi connectivity index (χ2v) is 10.1. The molecule has 0 bridgehead atoms. The fourth-order valence-electron chi connectivity index (χ4n) is 4.05. The number of nitrogens with one attached hydrogen (secondary N) is 1. The van der Waals surface area contributed by atoms with E-state index >= 15 is 0 Å². The smallest absolute Gasteiger partial charge is 0.345 e. The standard InChI is InChI=1S/C23H20N6O5S2/c1-13-18(19(27-34-13)14-5-3-2-4-6-14)22(31)28-9-7-15(8-10-28)21-25-16(12-35-21)20(30)26-23-24-11-17(36-23)29(32)33/h2-6,11-12,15H,7-10H2,1H3,(H,24,26,30). The summed E-state index contributed by atoms with van der Waals surface area (Å²) in [4.78, 5) is 46.2. The first-order valence-electron chi connectivity index (χ1n) is 11.1. The van der Waals surface area contributed by atoms with Gasteiger partial charge in [-0.15, -0.1) is 11.3 Å². The van der Waals surface area contributed by atoms with E-state index in [0.717, 1.165) is 28.1 Å². The normalized spacial score (nSPS) is 14.1. The van der Waals surface area contributed by atoms with E-state index in [0.29, 0.717) is 42.9 Å². The quantitative estimate of drug-likeness (QED) is 0.281. The highest BCUT2D eigenvalue weighted by molar-refractivity contribution is 7.18. The summed E-state index contributed by atoms with van der Waals surface area (Å²) in [6.07, 6.45) is 2.53. The summed E-state index contributed by atoms with van der Waals surface area (Å²) in [7, 11) is 0. The van der Waals surface area contributed by atoms with Crippen LogP contribution in [0.1, 0.15) is 50.4 Å². The molecule has 0 spiro atoms. The SMILES string of the molecule is Cc1onc(-c2ccccc2)c1C(=O)N1CCC(c2nc(C(=O)Nc3ncc([N+](=O)[O-])s3)cs2)CC1. The van der Waals surface area contributed by atoms with Crippen molar-refractivity contribution in [3.05, 3.63) is 74.0 Å². The van der Waals surface area contributed by atoms with Gasteiger partial charge in [-0.2, -0.15) is 0 Å². The lowest BCUT2D eigenvalue weighted by molar-refractivity contribution is -0.380. The van der Waals surface area contributed by atoms with Crippen LogP contribution in [-0.2, 0) is 0 Å². The number of thiazole rings is 2. The summed E-state index contributed by atoms with van der Waals surface area (Å²) in [5.74, 6) is 0.0365. The topological polar surface area (TPSA) is 144 Å². The molecule has 1 fully saturated rings. The van der Waals surface area contributed by atoms with Gasteiger partial charge in [0.05, 0.1) is 9.93 Å². The van der Waals surface area contributed by atoms with Crippen molar-refractivity contribution in [2.45, 2.75) is 25.7 Å². The van der Waals surface area contributed by atoms with Gasteiger partial charge in [0.1, 0.15) is 28.9 Å². The summed E-state index contributed by atoms with van der Waals surface area (Å²) in [5, 5.41) is 20.0. The first-order valence-corrected chi connectivity index (χ1v) is 12.8. The molecule has 4 aromatic rings. The van der Waals surface area contributed by atoms with Crippen LogP contribution < -0.4 is 5.32 Å². The molecule has 5 rings (SSSR count). The number of aromatic nitrogens is 3. The second kappa shape index (κ2) is 9.95. The van der Waals surface area contributed by atoms with Gasteiger partial charge in [0.2, 0.25) is 0 Å². The van der Waals surface area contributed by atoms with Crippen LogP contribution in [0.3, 0.4) is 0 Å². The maximum atomic E-state index is 13.3. The Morgan fingerprint density at radius 2 is 1.97 bits per heavy atom. The molecule has 1 aliphatic rings. The molecule has 0 atom stereocenters. The molecule has 0 unspecified atom stereocenters. The number of hydrogen-bond donors (Lipinski definition) is 1. The lowest BCUT2D eigenvalue weighted by Gasteiger charge is -2.31. The molecule has 0 saturated carbocycles. The number of piperidine rings is 1. The van der Waals surface area contributed by atoms with Crippen molar-refractivity contribution in [1.29, 1.82) is 0 Å². The van der Waals surface area contributed by atoms with Crippen LogP contribution in [0.5, 0.6) is 0 Å². The van der Waals surface area contributed by atoms with Gasteiger partial charge in [0, 0.05) is 30.0 Å². The Morgan fingerprint density at radius 3 is 2.67 bits per heavy atom. The number of aryl methyl sites for hydroxylation is 1. The minimum absolute atomic E-state index is 0.109. The number of nitrogens with zero attached hydrogens (tertiary/aromatic N) is 5. The van der Waals surface area contributed by atoms with Crippen LogP contribution in [0.2, 0.25) is 0 Å². The molecule has 0 radical (unpaired) electrons. The number of nitro groups is 1. The van der Waals surface area contributed by atoms with Crippen LogP contribution in [-0.4, -0.2) is 49.9 Å². The molecule has 3 aromatic heterocycles. The van der Waals surface area contributed by atoms with E-state index in [1.807, 2.05) is 30.3 Å². The Labute approximate surface area is 212 Å². The molecule has 1 N–H and O–H groups in total. The van der Waals surface area contributed by atoms with E-state index in [4.69, 9.17) is 4.52 Å². The molecule has 2 amide bonds. The minimum atomic E-state index is -0.557. The highest BCUT2D eigenvalue weighted by Gasteiger charge is 2.31. The van der Waals surface area contributed by atoms with Crippen molar-refractivity contribution in [3.8, 4) is 11.3 Å². The van der Waals surface area contributed by atoms with E-state index in [2.05, 4.69) is 20.4 Å². The third-order valence-corrected chi connectivity index (χ3v) is 7.78. The van der Waals surface area contributed by atoms with Crippen LogP contribution in [0, 0.1) is 17.0 Å². The van der Waals surface area contributed by atoms with E-state index < -0.39 is 10.8 Å². The summed E-state index contributed by atoms with van der Waals surface area (Å²) in [6, 6.07) is 9.48. The second-order valence-electron chi connectivity index (χ2n) is 8.18. The number of likely N-dealkylation sites (tertiary alicyclic amines) is 1. The van der Waals surface area contributed by atoms with Crippen LogP contribution in [0.15, 0.2) is 46.4 Å². The Bertz CT molecular complexity index is 1420. The third kappa shape index (κ3) is 4.75. The molecule has 1 aliphatic heterocycles. The molecule has 1 aromatic carbocycles. The van der Waals surface area contributed by atoms with Crippen molar-refractivity contribution in [1.82, 2.24) is 20.0 Å². The summed E-state index contributed by atoms with van der Waals surface area (Å²) in [6.45, 7) is 2.84. The van der Waals surface area contributed by atoms with Crippen LogP contribution in [0.4, 0.5) is 10.1 Å². The highest BCUT2D eigenvalue weighted by Crippen LogP contribution is 2.33. The summed E-state index contributed by atoms with van der Waals surface area (Å²) in [5.41, 5.74) is 2.09. The van der Waals surface area contributed by atoms with Crippen LogP contribution >= 0.6 is 22.7 Å². The number of amides is 2. The molecule has 1 saturated heterocycles. The van der Waals surface area contributed by atoms with Gasteiger partial charge in [0.15, 0.2) is 5.13 Å². The zero-order valence-electron chi connectivity index (χ0n) is 19.0. The first-order chi connectivity index (χ1) is 17.4. The summed E-state index contributed by atoms with van der Waals surface area (Å²) >= 11 is 2.17. The van der Waals surface area contributed by atoms with E-state index in [1.165, 1.54) is 11.3 Å². The van der Waals surface area contributed by atoms with Gasteiger partial charge >= 0.3 is 5.00 Å². The van der Waals surface area contributed by atoms with E-state index in [9.17, 15) is 19.7 Å². The molecule has 4 heterocycles. The fraction of sp³-hybridized carbons (Fsp3) is 0.261. The number of hydrogen-bond acceptors (Lipinski definition) is 10. The Kier molecular flexibility index (Phi) is 6.57. The largest absolute Gasteiger partial charge is 0.360 e. The average molecular weight is 525 g/mol. The van der Waals surface area contributed by atoms with Crippen molar-refractivity contribution < 1.29 is 19.0 Å². The van der Waals surface area contributed by atoms with Gasteiger partial charge in [0.25, 0.3) is 11.8 Å². The van der Waals surface area contributed by atoms with Crippen molar-refractivity contribution in [2.75, 3.05) is 18.4 Å². The van der Waals surface area contributed by atoms with Gasteiger partial charge in [-0.1, -0.05) is 35.5 Å². The van der Waals surface area contributed by atoms with Crippen molar-refractivity contribution in [3.63, 3.8) is 0 Å². The van der Waals surface area contributed by atoms with Gasteiger partial charge in [-0.3, -0.25) is 25.0 Å². The number of benzene rings is 1. The molecule has 0 aliphatic carbocycles. The van der Waals surface area contributed by atoms with Crippen LogP contribution in [0.25, 0.3) is 11.3 Å². The molecule has 184 valence electrons. The molecule has 36 heavy (non-hydrogen) atoms. The summed E-state index contributed by atoms with van der Waals surface area (Å²) < 4.78 is 5.35. The predicted molar refractivity (Wildman–Crippen MR) is 133 cm³/mol. The zero-order chi connectivity index (χ0) is 25.2. The number of carbonyl (C=O) groups is 2. The lowest BCUT2D eigenvalue weighted by Crippen LogP contribution is -2.38. The zero-order valence-corrected chi connectivity index (χ0v) is 20.7. The number of anilines is 1. The van der Waals surface area contributed by atoms with Gasteiger partial charge in [-0.05, 0) is 31.1 Å².